The second-order valence-electron chi connectivity index (χ2n) is 7.54. The molecule has 2 aromatic carbocycles. The Morgan fingerprint density at radius 2 is 1.69 bits per heavy atom. The molecule has 0 unspecified atom stereocenters. The van der Waals surface area contributed by atoms with Crippen LogP contribution in [0.15, 0.2) is 59.5 Å². The summed E-state index contributed by atoms with van der Waals surface area (Å²) in [5, 5.41) is 5.36. The largest absolute Gasteiger partial charge is 0.573 e. The number of hydrogen-bond acceptors (Lipinski definition) is 5. The molecule has 3 aromatic rings. The molecule has 168 valence electrons. The van der Waals surface area contributed by atoms with Crippen LogP contribution in [0.5, 0.6) is 5.75 Å². The molecule has 1 aliphatic heterocycles. The summed E-state index contributed by atoms with van der Waals surface area (Å²) in [6.07, 6.45) is -3.13. The summed E-state index contributed by atoms with van der Waals surface area (Å²) in [6.45, 7) is 2.66. The van der Waals surface area contributed by atoms with Crippen LogP contribution in [0.25, 0.3) is 10.8 Å². The number of carbonyl (C=O) groups excluding carboxylic acids is 1. The van der Waals surface area contributed by atoms with Gasteiger partial charge < -0.3 is 9.64 Å². The second kappa shape index (κ2) is 8.99. The Morgan fingerprint density at radius 1 is 1.00 bits per heavy atom. The number of alkyl halides is 3. The quantitative estimate of drug-likeness (QED) is 0.603. The molecule has 0 bridgehead atoms. The fourth-order valence-corrected chi connectivity index (χ4v) is 3.68. The number of aromatic nitrogens is 2. The first kappa shape index (κ1) is 21.8. The highest BCUT2D eigenvalue weighted by Gasteiger charge is 2.31. The number of amides is 1. The van der Waals surface area contributed by atoms with Crippen LogP contribution in [0.2, 0.25) is 0 Å². The Balaban J connectivity index is 1.30. The van der Waals surface area contributed by atoms with Gasteiger partial charge in [0, 0.05) is 38.1 Å². The molecule has 0 aliphatic carbocycles. The highest BCUT2D eigenvalue weighted by molar-refractivity contribution is 5.81. The van der Waals surface area contributed by atoms with Crippen molar-refractivity contribution < 1.29 is 22.7 Å². The Kier molecular flexibility index (Phi) is 6.13. The van der Waals surface area contributed by atoms with Gasteiger partial charge in [-0.3, -0.25) is 14.5 Å². The Morgan fingerprint density at radius 3 is 2.38 bits per heavy atom. The van der Waals surface area contributed by atoms with Crippen LogP contribution >= 0.6 is 0 Å². The fraction of sp³-hybridized carbons (Fsp3) is 0.318. The Hall–Kier alpha value is -3.40. The van der Waals surface area contributed by atoms with E-state index < -0.39 is 6.36 Å². The van der Waals surface area contributed by atoms with Crippen molar-refractivity contribution >= 4 is 16.7 Å². The lowest BCUT2D eigenvalue weighted by atomic mass is 10.2. The van der Waals surface area contributed by atoms with E-state index in [1.807, 2.05) is 6.07 Å². The molecule has 4 rings (SSSR count). The number of carbonyl (C=O) groups is 1. The number of piperazine rings is 1. The topological polar surface area (TPSA) is 67.7 Å². The summed E-state index contributed by atoms with van der Waals surface area (Å²) in [5.41, 5.74) is 0.555. The number of hydrogen-bond donors (Lipinski definition) is 0. The maximum absolute atomic E-state index is 12.7. The molecule has 0 N–H and O–H groups in total. The average Bonchev–Trinajstić information content (AvgIpc) is 2.77. The highest BCUT2D eigenvalue weighted by atomic mass is 19.4. The van der Waals surface area contributed by atoms with Crippen molar-refractivity contribution in [1.29, 1.82) is 0 Å². The van der Waals surface area contributed by atoms with E-state index in [4.69, 9.17) is 0 Å². The van der Waals surface area contributed by atoms with Crippen LogP contribution in [0.4, 0.5) is 13.2 Å². The Labute approximate surface area is 181 Å². The van der Waals surface area contributed by atoms with Crippen molar-refractivity contribution in [3.63, 3.8) is 0 Å². The summed E-state index contributed by atoms with van der Waals surface area (Å²) >= 11 is 0. The molecule has 0 saturated carbocycles. The number of halogens is 3. The first-order valence-electron chi connectivity index (χ1n) is 10.1. The highest BCUT2D eigenvalue weighted by Crippen LogP contribution is 2.23. The molecule has 0 spiro atoms. The third kappa shape index (κ3) is 5.25. The van der Waals surface area contributed by atoms with Gasteiger partial charge in [-0.2, -0.15) is 5.10 Å². The lowest BCUT2D eigenvalue weighted by Crippen LogP contribution is -2.49. The van der Waals surface area contributed by atoms with Crippen molar-refractivity contribution in [2.24, 2.45) is 0 Å². The van der Waals surface area contributed by atoms with Gasteiger partial charge in [0.25, 0.3) is 5.56 Å². The van der Waals surface area contributed by atoms with Crippen LogP contribution in [0, 0.1) is 0 Å². The van der Waals surface area contributed by atoms with E-state index >= 15 is 0 Å². The van der Waals surface area contributed by atoms with E-state index in [0.717, 1.165) is 10.9 Å². The number of fused-ring (bicyclic) bond motifs is 1. The van der Waals surface area contributed by atoms with E-state index in [1.165, 1.54) is 16.8 Å². The summed E-state index contributed by atoms with van der Waals surface area (Å²) in [7, 11) is 0. The zero-order chi connectivity index (χ0) is 22.7. The van der Waals surface area contributed by atoms with Crippen LogP contribution in [0.3, 0.4) is 0 Å². The van der Waals surface area contributed by atoms with E-state index in [1.54, 1.807) is 41.4 Å². The normalized spacial score (nSPS) is 15.2. The predicted molar refractivity (Wildman–Crippen MR) is 111 cm³/mol. The number of nitrogens with zero attached hydrogens (tertiary/aromatic N) is 4. The van der Waals surface area contributed by atoms with Gasteiger partial charge in [-0.15, -0.1) is 13.2 Å². The minimum absolute atomic E-state index is 0.121. The maximum Gasteiger partial charge on any atom is 0.573 e. The van der Waals surface area contributed by atoms with E-state index in [0.29, 0.717) is 38.1 Å². The van der Waals surface area contributed by atoms with Gasteiger partial charge in [-0.05, 0) is 23.8 Å². The lowest BCUT2D eigenvalue weighted by Gasteiger charge is -2.34. The number of benzene rings is 2. The van der Waals surface area contributed by atoms with Gasteiger partial charge in [-0.25, -0.2) is 4.68 Å². The minimum Gasteiger partial charge on any atom is -0.406 e. The summed E-state index contributed by atoms with van der Waals surface area (Å²) in [5.74, 6) is -0.433. The summed E-state index contributed by atoms with van der Waals surface area (Å²) in [6, 6.07) is 12.9. The van der Waals surface area contributed by atoms with Crippen LogP contribution in [-0.2, 0) is 17.9 Å². The standard InChI is InChI=1S/C22H21F3N4O3/c23-22(24,25)32-18-7-5-16(6-8-18)14-27-9-11-28(12-10-27)20(30)15-29-21(31)19-4-2-1-3-17(19)13-26-29/h1-8,13H,9-12,14-15H2. The average molecular weight is 446 g/mol. The molecule has 7 nitrogen and oxygen atoms in total. The van der Waals surface area contributed by atoms with Gasteiger partial charge in [0.2, 0.25) is 5.91 Å². The fourth-order valence-electron chi connectivity index (χ4n) is 3.68. The molecule has 1 fully saturated rings. The monoisotopic (exact) mass is 446 g/mol. The lowest BCUT2D eigenvalue weighted by molar-refractivity contribution is -0.274. The Bertz CT molecular complexity index is 1150. The second-order valence-corrected chi connectivity index (χ2v) is 7.54. The molecule has 0 atom stereocenters. The van der Waals surface area contributed by atoms with Crippen LogP contribution in [0.1, 0.15) is 5.56 Å². The van der Waals surface area contributed by atoms with Crippen molar-refractivity contribution in [2.75, 3.05) is 26.2 Å². The molecule has 0 radical (unpaired) electrons. The molecule has 1 aromatic heterocycles. The van der Waals surface area contributed by atoms with Crippen molar-refractivity contribution in [2.45, 2.75) is 19.5 Å². The van der Waals surface area contributed by atoms with Gasteiger partial charge in [-0.1, -0.05) is 30.3 Å². The summed E-state index contributed by atoms with van der Waals surface area (Å²) < 4.78 is 41.8. The van der Waals surface area contributed by atoms with Crippen molar-refractivity contribution in [1.82, 2.24) is 19.6 Å². The van der Waals surface area contributed by atoms with Gasteiger partial charge in [0.15, 0.2) is 0 Å². The maximum atomic E-state index is 12.7. The molecular formula is C22H21F3N4O3. The minimum atomic E-state index is -4.71. The molecule has 1 amide bonds. The zero-order valence-electron chi connectivity index (χ0n) is 17.1. The van der Waals surface area contributed by atoms with E-state index in [9.17, 15) is 22.8 Å². The third-order valence-corrected chi connectivity index (χ3v) is 5.33. The van der Waals surface area contributed by atoms with Crippen LogP contribution < -0.4 is 10.3 Å². The van der Waals surface area contributed by atoms with Crippen LogP contribution in [-0.4, -0.2) is 58.0 Å². The van der Waals surface area contributed by atoms with Gasteiger partial charge >= 0.3 is 6.36 Å². The van der Waals surface area contributed by atoms with E-state index in [-0.39, 0.29) is 23.8 Å². The zero-order valence-corrected chi connectivity index (χ0v) is 17.1. The first-order valence-corrected chi connectivity index (χ1v) is 10.1. The predicted octanol–water partition coefficient (Wildman–Crippen LogP) is 2.64. The molecule has 1 saturated heterocycles. The van der Waals surface area contributed by atoms with Crippen molar-refractivity contribution in [3.05, 3.63) is 70.6 Å². The first-order chi connectivity index (χ1) is 15.3. The molecule has 32 heavy (non-hydrogen) atoms. The van der Waals surface area contributed by atoms with E-state index in [2.05, 4.69) is 14.7 Å². The molecular weight excluding hydrogens is 425 g/mol. The third-order valence-electron chi connectivity index (χ3n) is 5.33. The number of rotatable bonds is 5. The molecule has 1 aliphatic rings. The van der Waals surface area contributed by atoms with Crippen molar-refractivity contribution in [3.8, 4) is 5.75 Å². The SMILES string of the molecule is O=C(Cn1ncc2ccccc2c1=O)N1CCN(Cc2ccc(OC(F)(F)F)cc2)CC1. The number of ether oxygens (including phenoxy) is 1. The molecule has 2 heterocycles. The van der Waals surface area contributed by atoms with Gasteiger partial charge in [0.05, 0.1) is 11.6 Å². The van der Waals surface area contributed by atoms with Gasteiger partial charge in [0.1, 0.15) is 12.3 Å². The molecule has 10 heteroatoms. The summed E-state index contributed by atoms with van der Waals surface area (Å²) in [4.78, 5) is 29.0. The smallest absolute Gasteiger partial charge is 0.406 e.